The molecule has 0 bridgehead atoms. The first-order chi connectivity index (χ1) is 15.4. The Morgan fingerprint density at radius 2 is 2.00 bits per heavy atom. The van der Waals surface area contributed by atoms with Crippen LogP contribution < -0.4 is 14.8 Å². The van der Waals surface area contributed by atoms with Crippen molar-refractivity contribution in [1.82, 2.24) is 19.6 Å². The summed E-state index contributed by atoms with van der Waals surface area (Å²) in [6, 6.07) is 12.4. The second kappa shape index (κ2) is 11.1. The van der Waals surface area contributed by atoms with E-state index in [-0.39, 0.29) is 16.3 Å². The molecule has 1 atom stereocenters. The maximum atomic E-state index is 13.0. The molecule has 10 heteroatoms. The van der Waals surface area contributed by atoms with E-state index in [1.807, 2.05) is 41.1 Å². The van der Waals surface area contributed by atoms with Crippen LogP contribution in [0.3, 0.4) is 0 Å². The van der Waals surface area contributed by atoms with Gasteiger partial charge in [-0.15, -0.1) is 0 Å². The normalized spacial score (nSPS) is 12.3. The fourth-order valence-electron chi connectivity index (χ4n) is 3.12. The molecule has 1 heterocycles. The average molecular weight is 477 g/mol. The second-order valence-corrected chi connectivity index (χ2v) is 9.23. The molecular weight excluding hydrogens is 452 g/mol. The third-order valence-corrected chi connectivity index (χ3v) is 6.55. The van der Waals surface area contributed by atoms with Crippen molar-refractivity contribution in [2.75, 3.05) is 13.7 Å². The van der Waals surface area contributed by atoms with E-state index in [4.69, 9.17) is 16.3 Å². The molecule has 0 saturated heterocycles. The zero-order chi connectivity index (χ0) is 23.0. The number of methoxy groups -OCH3 is 1. The third kappa shape index (κ3) is 6.56. The number of halogens is 1. The molecule has 2 N–H and O–H groups in total. The van der Waals surface area contributed by atoms with E-state index < -0.39 is 22.0 Å². The molecule has 1 aromatic heterocycles. The third-order valence-electron chi connectivity index (χ3n) is 4.78. The first-order valence-electron chi connectivity index (χ1n) is 10.0. The number of hydrogen-bond acceptors (Lipinski definition) is 5. The Morgan fingerprint density at radius 3 is 2.66 bits per heavy atom. The van der Waals surface area contributed by atoms with Gasteiger partial charge in [0.25, 0.3) is 0 Å². The monoisotopic (exact) mass is 476 g/mol. The van der Waals surface area contributed by atoms with E-state index in [1.54, 1.807) is 12.5 Å². The number of ether oxygens (including phenoxy) is 1. The summed E-state index contributed by atoms with van der Waals surface area (Å²) >= 11 is 6.09. The molecule has 0 unspecified atom stereocenters. The molecule has 8 nitrogen and oxygen atoms in total. The number of aromatic nitrogens is 2. The van der Waals surface area contributed by atoms with E-state index in [0.717, 1.165) is 5.56 Å². The fourth-order valence-corrected chi connectivity index (χ4v) is 4.67. The molecule has 170 valence electrons. The zero-order valence-electron chi connectivity index (χ0n) is 17.6. The van der Waals surface area contributed by atoms with Crippen molar-refractivity contribution in [3.63, 3.8) is 0 Å². The number of benzene rings is 2. The molecule has 0 aliphatic rings. The van der Waals surface area contributed by atoms with E-state index >= 15 is 0 Å². The van der Waals surface area contributed by atoms with E-state index in [0.29, 0.717) is 25.3 Å². The van der Waals surface area contributed by atoms with E-state index in [2.05, 4.69) is 15.0 Å². The highest BCUT2D eigenvalue weighted by molar-refractivity contribution is 7.89. The number of sulfonamides is 1. The van der Waals surface area contributed by atoms with Gasteiger partial charge >= 0.3 is 0 Å². The quantitative estimate of drug-likeness (QED) is 0.414. The SMILES string of the molecule is COc1ccc(S(=O)(=O)N[C@H](Cc2ccccc2)C(=O)NCCCn2ccnc2)cc1Cl. The Morgan fingerprint density at radius 1 is 1.22 bits per heavy atom. The Balaban J connectivity index is 1.71. The van der Waals surface area contributed by atoms with Crippen LogP contribution in [0, 0.1) is 0 Å². The van der Waals surface area contributed by atoms with Crippen LogP contribution in [0.2, 0.25) is 5.02 Å². The Kier molecular flexibility index (Phi) is 8.26. The molecule has 0 radical (unpaired) electrons. The van der Waals surface area contributed by atoms with Crippen molar-refractivity contribution in [1.29, 1.82) is 0 Å². The van der Waals surface area contributed by atoms with Gasteiger partial charge < -0.3 is 14.6 Å². The van der Waals surface area contributed by atoms with Gasteiger partial charge in [-0.05, 0) is 36.6 Å². The predicted molar refractivity (Wildman–Crippen MR) is 122 cm³/mol. The van der Waals surface area contributed by atoms with Gasteiger partial charge in [0.2, 0.25) is 15.9 Å². The molecule has 0 aliphatic carbocycles. The lowest BCUT2D eigenvalue weighted by molar-refractivity contribution is -0.122. The number of nitrogens with zero attached hydrogens (tertiary/aromatic N) is 2. The topological polar surface area (TPSA) is 102 Å². The summed E-state index contributed by atoms with van der Waals surface area (Å²) in [6.45, 7) is 1.10. The summed E-state index contributed by atoms with van der Waals surface area (Å²) in [5.74, 6) is -0.0373. The minimum absolute atomic E-state index is 0.0470. The van der Waals surface area contributed by atoms with Crippen LogP contribution in [0.1, 0.15) is 12.0 Å². The van der Waals surface area contributed by atoms with Crippen molar-refractivity contribution in [3.05, 3.63) is 77.8 Å². The summed E-state index contributed by atoms with van der Waals surface area (Å²) < 4.78 is 35.5. The molecular formula is C22H25ClN4O4S. The average Bonchev–Trinajstić information content (AvgIpc) is 3.30. The molecule has 0 saturated carbocycles. The molecule has 0 spiro atoms. The number of nitrogens with one attached hydrogen (secondary N) is 2. The van der Waals surface area contributed by atoms with Crippen LogP contribution in [-0.2, 0) is 27.8 Å². The Labute approximate surface area is 192 Å². The van der Waals surface area contributed by atoms with Crippen molar-refractivity contribution in [2.24, 2.45) is 0 Å². The van der Waals surface area contributed by atoms with Crippen LogP contribution in [-0.4, -0.2) is 43.6 Å². The minimum atomic E-state index is -4.00. The maximum absolute atomic E-state index is 13.0. The van der Waals surface area contributed by atoms with Crippen LogP contribution in [0.5, 0.6) is 5.75 Å². The van der Waals surface area contributed by atoms with Crippen molar-refractivity contribution < 1.29 is 17.9 Å². The van der Waals surface area contributed by atoms with Gasteiger partial charge in [0.15, 0.2) is 0 Å². The highest BCUT2D eigenvalue weighted by Crippen LogP contribution is 2.27. The number of aryl methyl sites for hydroxylation is 1. The number of imidazole rings is 1. The molecule has 0 aliphatic heterocycles. The standard InChI is InChI=1S/C22H25ClN4O4S/c1-31-21-9-8-18(15-19(21)23)32(29,30)26-20(14-17-6-3-2-4-7-17)22(28)25-10-5-12-27-13-11-24-16-27/h2-4,6-9,11,13,15-16,20,26H,5,10,12,14H2,1H3,(H,25,28)/t20-/m1/s1. The zero-order valence-corrected chi connectivity index (χ0v) is 19.1. The maximum Gasteiger partial charge on any atom is 0.241 e. The Bertz CT molecular complexity index is 1120. The van der Waals surface area contributed by atoms with Gasteiger partial charge in [0, 0.05) is 25.5 Å². The number of carbonyl (C=O) groups excluding carboxylic acids is 1. The van der Waals surface area contributed by atoms with Crippen molar-refractivity contribution in [3.8, 4) is 5.75 Å². The number of carbonyl (C=O) groups is 1. The Hall–Kier alpha value is -2.88. The van der Waals surface area contributed by atoms with Crippen molar-refractivity contribution in [2.45, 2.75) is 30.3 Å². The van der Waals surface area contributed by atoms with E-state index in [1.165, 1.54) is 25.3 Å². The summed E-state index contributed by atoms with van der Waals surface area (Å²) in [4.78, 5) is 16.8. The van der Waals surface area contributed by atoms with Gasteiger partial charge in [-0.25, -0.2) is 13.4 Å². The van der Waals surface area contributed by atoms with Gasteiger partial charge in [-0.2, -0.15) is 4.72 Å². The lowest BCUT2D eigenvalue weighted by Crippen LogP contribution is -2.48. The van der Waals surface area contributed by atoms with Crippen LogP contribution in [0.4, 0.5) is 0 Å². The fraction of sp³-hybridized carbons (Fsp3) is 0.273. The molecule has 0 fully saturated rings. The molecule has 2 aromatic carbocycles. The summed E-state index contributed by atoms with van der Waals surface area (Å²) in [6.07, 6.45) is 6.12. The molecule has 32 heavy (non-hydrogen) atoms. The van der Waals surface area contributed by atoms with Crippen LogP contribution >= 0.6 is 11.6 Å². The number of hydrogen-bond donors (Lipinski definition) is 2. The summed E-state index contributed by atoms with van der Waals surface area (Å²) in [5.41, 5.74) is 0.835. The highest BCUT2D eigenvalue weighted by atomic mass is 35.5. The largest absolute Gasteiger partial charge is 0.495 e. The van der Waals surface area contributed by atoms with Gasteiger partial charge in [0.05, 0.1) is 23.4 Å². The minimum Gasteiger partial charge on any atom is -0.495 e. The summed E-state index contributed by atoms with van der Waals surface area (Å²) in [5, 5.41) is 2.99. The van der Waals surface area contributed by atoms with Gasteiger partial charge in [0.1, 0.15) is 11.8 Å². The van der Waals surface area contributed by atoms with Crippen LogP contribution in [0.25, 0.3) is 0 Å². The van der Waals surface area contributed by atoms with Crippen LogP contribution in [0.15, 0.2) is 72.1 Å². The molecule has 3 rings (SSSR count). The lowest BCUT2D eigenvalue weighted by Gasteiger charge is -2.19. The van der Waals surface area contributed by atoms with E-state index in [9.17, 15) is 13.2 Å². The first-order valence-corrected chi connectivity index (χ1v) is 11.9. The smallest absolute Gasteiger partial charge is 0.241 e. The van der Waals surface area contributed by atoms with Crippen molar-refractivity contribution >= 4 is 27.5 Å². The molecule has 3 aromatic rings. The first kappa shape index (κ1) is 23.8. The predicted octanol–water partition coefficient (Wildman–Crippen LogP) is 2.64. The molecule has 1 amide bonds. The lowest BCUT2D eigenvalue weighted by atomic mass is 10.1. The number of rotatable bonds is 11. The van der Waals surface area contributed by atoms with Gasteiger partial charge in [-0.1, -0.05) is 41.9 Å². The highest BCUT2D eigenvalue weighted by Gasteiger charge is 2.26. The number of amides is 1. The summed E-state index contributed by atoms with van der Waals surface area (Å²) in [7, 11) is -2.56. The second-order valence-electron chi connectivity index (χ2n) is 7.11. The van der Waals surface area contributed by atoms with Gasteiger partial charge in [-0.3, -0.25) is 4.79 Å².